The average molecular weight is 276 g/mol. The van der Waals surface area contributed by atoms with Crippen LogP contribution in [0.1, 0.15) is 12.8 Å². The van der Waals surface area contributed by atoms with Gasteiger partial charge in [0, 0.05) is 31.9 Å². The van der Waals surface area contributed by atoms with Crippen molar-refractivity contribution in [2.45, 2.75) is 18.9 Å². The molecule has 1 aromatic rings. The zero-order chi connectivity index (χ0) is 13.9. The Morgan fingerprint density at radius 2 is 2.10 bits per heavy atom. The highest BCUT2D eigenvalue weighted by Crippen LogP contribution is 2.25. The third-order valence-electron chi connectivity index (χ3n) is 4.04. The number of aromatic nitrogens is 1. The molecule has 0 saturated carbocycles. The fraction of sp³-hybridized carbons (Fsp3) is 0.571. The minimum atomic E-state index is 0.118. The van der Waals surface area contributed by atoms with Gasteiger partial charge in [-0.3, -0.25) is 4.79 Å². The summed E-state index contributed by atoms with van der Waals surface area (Å²) in [5, 5.41) is 0. The first-order valence-corrected chi connectivity index (χ1v) is 7.08. The van der Waals surface area contributed by atoms with Crippen LogP contribution in [0.25, 0.3) is 0 Å². The number of rotatable bonds is 2. The Hall–Kier alpha value is -1.82. The molecule has 0 aliphatic carbocycles. The second-order valence-electron chi connectivity index (χ2n) is 5.27. The van der Waals surface area contributed by atoms with E-state index in [2.05, 4.69) is 9.88 Å². The average Bonchev–Trinajstić information content (AvgIpc) is 2.49. The van der Waals surface area contributed by atoms with Gasteiger partial charge in [0.05, 0.1) is 12.3 Å². The van der Waals surface area contributed by atoms with Gasteiger partial charge in [0.25, 0.3) is 0 Å². The predicted octanol–water partition coefficient (Wildman–Crippen LogP) is 0.491. The Labute approximate surface area is 118 Å². The van der Waals surface area contributed by atoms with E-state index in [1.54, 1.807) is 6.20 Å². The fourth-order valence-corrected chi connectivity index (χ4v) is 2.98. The highest BCUT2D eigenvalue weighted by Gasteiger charge is 2.30. The van der Waals surface area contributed by atoms with Gasteiger partial charge in [-0.1, -0.05) is 0 Å². The van der Waals surface area contributed by atoms with Crippen LogP contribution in [-0.2, 0) is 9.53 Å². The summed E-state index contributed by atoms with van der Waals surface area (Å²) in [4.78, 5) is 20.4. The molecule has 0 atom stereocenters. The molecule has 2 fully saturated rings. The van der Waals surface area contributed by atoms with E-state index in [1.165, 1.54) is 0 Å². The maximum absolute atomic E-state index is 11.9. The molecule has 0 aromatic carbocycles. The van der Waals surface area contributed by atoms with E-state index in [-0.39, 0.29) is 12.5 Å². The first kappa shape index (κ1) is 13.2. The van der Waals surface area contributed by atoms with Crippen LogP contribution in [0.5, 0.6) is 0 Å². The smallest absolute Gasteiger partial charge is 0.248 e. The Kier molecular flexibility index (Phi) is 3.73. The van der Waals surface area contributed by atoms with Gasteiger partial charge < -0.3 is 20.3 Å². The normalized spacial score (nSPS) is 21.3. The quantitative estimate of drug-likeness (QED) is 0.851. The van der Waals surface area contributed by atoms with Crippen molar-refractivity contribution in [2.75, 3.05) is 43.5 Å². The Morgan fingerprint density at radius 3 is 2.80 bits per heavy atom. The number of hydrogen-bond acceptors (Lipinski definition) is 5. The van der Waals surface area contributed by atoms with E-state index in [4.69, 9.17) is 10.5 Å². The molecule has 0 radical (unpaired) electrons. The lowest BCUT2D eigenvalue weighted by molar-refractivity contribution is -0.146. The lowest BCUT2D eigenvalue weighted by Gasteiger charge is -2.40. The maximum atomic E-state index is 11.9. The SMILES string of the molecule is Nc1cccnc1N1CCC(N2CCOCC2=O)CC1. The molecule has 2 aliphatic rings. The van der Waals surface area contributed by atoms with Crippen LogP contribution in [0.15, 0.2) is 18.3 Å². The molecule has 1 aromatic heterocycles. The molecule has 2 aliphatic heterocycles. The summed E-state index contributed by atoms with van der Waals surface area (Å²) in [7, 11) is 0. The molecule has 6 nitrogen and oxygen atoms in total. The molecular formula is C14H20N4O2. The minimum absolute atomic E-state index is 0.118. The van der Waals surface area contributed by atoms with Crippen LogP contribution in [-0.4, -0.2) is 54.7 Å². The molecule has 3 rings (SSSR count). The largest absolute Gasteiger partial charge is 0.396 e. The number of ether oxygens (including phenoxy) is 1. The van der Waals surface area contributed by atoms with E-state index >= 15 is 0 Å². The van der Waals surface area contributed by atoms with Crippen molar-refractivity contribution in [3.8, 4) is 0 Å². The van der Waals surface area contributed by atoms with Gasteiger partial charge in [-0.2, -0.15) is 0 Å². The molecule has 1 amide bonds. The van der Waals surface area contributed by atoms with Crippen molar-refractivity contribution in [1.29, 1.82) is 0 Å². The number of pyridine rings is 1. The Bertz CT molecular complexity index is 486. The molecule has 108 valence electrons. The zero-order valence-corrected chi connectivity index (χ0v) is 11.5. The van der Waals surface area contributed by atoms with Crippen molar-refractivity contribution in [3.05, 3.63) is 18.3 Å². The standard InChI is InChI=1S/C14H20N4O2/c15-12-2-1-5-16-14(12)17-6-3-11(4-7-17)18-8-9-20-10-13(18)19/h1-2,5,11H,3-4,6-10,15H2. The van der Waals surface area contributed by atoms with E-state index in [0.717, 1.165) is 38.3 Å². The molecule has 0 spiro atoms. The first-order chi connectivity index (χ1) is 9.75. The number of nitrogens with two attached hydrogens (primary N) is 1. The van der Waals surface area contributed by atoms with Crippen molar-refractivity contribution in [1.82, 2.24) is 9.88 Å². The van der Waals surface area contributed by atoms with Crippen molar-refractivity contribution >= 4 is 17.4 Å². The Balaban J connectivity index is 1.62. The molecule has 0 bridgehead atoms. The van der Waals surface area contributed by atoms with Gasteiger partial charge in [-0.25, -0.2) is 4.98 Å². The second-order valence-corrected chi connectivity index (χ2v) is 5.27. The lowest BCUT2D eigenvalue weighted by atomic mass is 10.0. The third kappa shape index (κ3) is 2.56. The number of carbonyl (C=O) groups excluding carboxylic acids is 1. The predicted molar refractivity (Wildman–Crippen MR) is 76.4 cm³/mol. The van der Waals surface area contributed by atoms with Crippen LogP contribution in [0, 0.1) is 0 Å². The monoisotopic (exact) mass is 276 g/mol. The number of nitrogens with zero attached hydrogens (tertiary/aromatic N) is 3. The molecule has 2 saturated heterocycles. The summed E-state index contributed by atoms with van der Waals surface area (Å²) < 4.78 is 5.18. The lowest BCUT2D eigenvalue weighted by Crippen LogP contribution is -2.52. The fourth-order valence-electron chi connectivity index (χ4n) is 2.98. The molecule has 6 heteroatoms. The van der Waals surface area contributed by atoms with Gasteiger partial charge in [-0.05, 0) is 25.0 Å². The number of hydrogen-bond donors (Lipinski definition) is 1. The van der Waals surface area contributed by atoms with Crippen LogP contribution < -0.4 is 10.6 Å². The molecule has 3 heterocycles. The van der Waals surface area contributed by atoms with Gasteiger partial charge >= 0.3 is 0 Å². The number of nitrogen functional groups attached to an aromatic ring is 1. The number of amides is 1. The summed E-state index contributed by atoms with van der Waals surface area (Å²) in [5.74, 6) is 0.978. The van der Waals surface area contributed by atoms with Crippen molar-refractivity contribution < 1.29 is 9.53 Å². The van der Waals surface area contributed by atoms with Crippen molar-refractivity contribution in [3.63, 3.8) is 0 Å². The van der Waals surface area contributed by atoms with E-state index in [9.17, 15) is 4.79 Å². The van der Waals surface area contributed by atoms with Crippen LogP contribution in [0.3, 0.4) is 0 Å². The first-order valence-electron chi connectivity index (χ1n) is 7.08. The second kappa shape index (κ2) is 5.66. The van der Waals surface area contributed by atoms with E-state index < -0.39 is 0 Å². The van der Waals surface area contributed by atoms with Crippen LogP contribution in [0.2, 0.25) is 0 Å². The number of carbonyl (C=O) groups is 1. The third-order valence-corrected chi connectivity index (χ3v) is 4.04. The van der Waals surface area contributed by atoms with Crippen LogP contribution >= 0.6 is 0 Å². The highest BCUT2D eigenvalue weighted by atomic mass is 16.5. The van der Waals surface area contributed by atoms with Crippen LogP contribution in [0.4, 0.5) is 11.5 Å². The maximum Gasteiger partial charge on any atom is 0.248 e. The zero-order valence-electron chi connectivity index (χ0n) is 11.5. The molecule has 0 unspecified atom stereocenters. The van der Waals surface area contributed by atoms with Gasteiger partial charge in [0.1, 0.15) is 6.61 Å². The summed E-state index contributed by atoms with van der Waals surface area (Å²) in [6.07, 6.45) is 3.69. The summed E-state index contributed by atoms with van der Waals surface area (Å²) in [6, 6.07) is 4.05. The summed E-state index contributed by atoms with van der Waals surface area (Å²) >= 11 is 0. The number of anilines is 2. The molecular weight excluding hydrogens is 256 g/mol. The number of morpholine rings is 1. The number of piperidine rings is 1. The Morgan fingerprint density at radius 1 is 1.30 bits per heavy atom. The minimum Gasteiger partial charge on any atom is -0.396 e. The molecule has 2 N–H and O–H groups in total. The van der Waals surface area contributed by atoms with Gasteiger partial charge in [0.2, 0.25) is 5.91 Å². The van der Waals surface area contributed by atoms with E-state index in [1.807, 2.05) is 17.0 Å². The van der Waals surface area contributed by atoms with E-state index in [0.29, 0.717) is 18.3 Å². The van der Waals surface area contributed by atoms with Gasteiger partial charge in [-0.15, -0.1) is 0 Å². The van der Waals surface area contributed by atoms with Crippen molar-refractivity contribution in [2.24, 2.45) is 0 Å². The topological polar surface area (TPSA) is 71.7 Å². The highest BCUT2D eigenvalue weighted by molar-refractivity contribution is 5.78. The molecule has 20 heavy (non-hydrogen) atoms. The summed E-state index contributed by atoms with van der Waals surface area (Å²) in [6.45, 7) is 3.37. The summed E-state index contributed by atoms with van der Waals surface area (Å²) in [5.41, 5.74) is 6.68. The van der Waals surface area contributed by atoms with Gasteiger partial charge in [0.15, 0.2) is 5.82 Å².